The summed E-state index contributed by atoms with van der Waals surface area (Å²) in [4.78, 5) is 11.8. The quantitative estimate of drug-likeness (QED) is 0.472. The Morgan fingerprint density at radius 3 is 2.55 bits per heavy atom. The lowest BCUT2D eigenvalue weighted by Gasteiger charge is -2.09. The van der Waals surface area contributed by atoms with Gasteiger partial charge in [-0.1, -0.05) is 37.0 Å². The van der Waals surface area contributed by atoms with Crippen LogP contribution < -0.4 is 5.73 Å². The lowest BCUT2D eigenvalue weighted by Crippen LogP contribution is -2.12. The standard InChI is InChI=1S/C14H19Cl2NO3/c1-9(2)3-4-19-5-6-20-14(18)10-7-11(15)13(16)12(17)8-10/h7-9H,3-6,17H2,1-2H3. The number of nitrogen functional groups attached to an aromatic ring is 1. The van der Waals surface area contributed by atoms with Crippen LogP contribution in [0.5, 0.6) is 0 Å². The van der Waals surface area contributed by atoms with Gasteiger partial charge < -0.3 is 15.2 Å². The van der Waals surface area contributed by atoms with Crippen molar-refractivity contribution in [3.63, 3.8) is 0 Å². The van der Waals surface area contributed by atoms with Crippen molar-refractivity contribution in [3.8, 4) is 0 Å². The number of hydrogen-bond acceptors (Lipinski definition) is 4. The van der Waals surface area contributed by atoms with Crippen molar-refractivity contribution >= 4 is 34.9 Å². The minimum absolute atomic E-state index is 0.192. The number of anilines is 1. The van der Waals surface area contributed by atoms with E-state index >= 15 is 0 Å². The Bertz CT molecular complexity index is 441. The monoisotopic (exact) mass is 319 g/mol. The van der Waals surface area contributed by atoms with Crippen LogP contribution in [0.25, 0.3) is 0 Å². The zero-order valence-electron chi connectivity index (χ0n) is 11.6. The third kappa shape index (κ3) is 5.57. The van der Waals surface area contributed by atoms with E-state index in [9.17, 15) is 4.79 Å². The molecule has 0 aliphatic carbocycles. The van der Waals surface area contributed by atoms with Gasteiger partial charge in [0.15, 0.2) is 0 Å². The molecule has 0 fully saturated rings. The van der Waals surface area contributed by atoms with E-state index in [2.05, 4.69) is 13.8 Å². The maximum Gasteiger partial charge on any atom is 0.338 e. The van der Waals surface area contributed by atoms with Gasteiger partial charge in [-0.15, -0.1) is 0 Å². The summed E-state index contributed by atoms with van der Waals surface area (Å²) < 4.78 is 10.4. The third-order valence-corrected chi connectivity index (χ3v) is 3.41. The van der Waals surface area contributed by atoms with Crippen LogP contribution in [0, 0.1) is 5.92 Å². The molecule has 0 aliphatic rings. The van der Waals surface area contributed by atoms with Crippen molar-refractivity contribution in [1.82, 2.24) is 0 Å². The molecule has 4 nitrogen and oxygen atoms in total. The van der Waals surface area contributed by atoms with E-state index in [1.807, 2.05) is 0 Å². The average Bonchev–Trinajstić information content (AvgIpc) is 2.38. The molecule has 0 spiro atoms. The molecule has 0 saturated heterocycles. The minimum atomic E-state index is -0.497. The van der Waals surface area contributed by atoms with Crippen molar-refractivity contribution in [2.24, 2.45) is 5.92 Å². The van der Waals surface area contributed by atoms with Crippen molar-refractivity contribution in [1.29, 1.82) is 0 Å². The topological polar surface area (TPSA) is 61.5 Å². The summed E-state index contributed by atoms with van der Waals surface area (Å²) in [6.07, 6.45) is 0.983. The van der Waals surface area contributed by atoms with Crippen LogP contribution in [0.4, 0.5) is 5.69 Å². The van der Waals surface area contributed by atoms with E-state index in [1.54, 1.807) is 0 Å². The Hall–Kier alpha value is -0.970. The first-order valence-electron chi connectivity index (χ1n) is 6.41. The largest absolute Gasteiger partial charge is 0.460 e. The SMILES string of the molecule is CC(C)CCOCCOC(=O)c1cc(N)c(Cl)c(Cl)c1. The predicted octanol–water partition coefficient (Wildman–Crippen LogP) is 3.80. The van der Waals surface area contributed by atoms with Gasteiger partial charge in [0.05, 0.1) is 27.9 Å². The van der Waals surface area contributed by atoms with E-state index in [0.717, 1.165) is 6.42 Å². The Morgan fingerprint density at radius 1 is 1.25 bits per heavy atom. The summed E-state index contributed by atoms with van der Waals surface area (Å²) in [6.45, 7) is 5.47. The van der Waals surface area contributed by atoms with Crippen LogP contribution in [-0.4, -0.2) is 25.8 Å². The number of halogens is 2. The molecule has 0 saturated carbocycles. The fourth-order valence-corrected chi connectivity index (χ4v) is 1.76. The molecule has 0 bridgehead atoms. The Kier molecular flexibility index (Phi) is 7.13. The molecular formula is C14H19Cl2NO3. The first-order valence-corrected chi connectivity index (χ1v) is 7.16. The summed E-state index contributed by atoms with van der Waals surface area (Å²) in [5.41, 5.74) is 6.16. The van der Waals surface area contributed by atoms with Crippen molar-refractivity contribution in [2.75, 3.05) is 25.6 Å². The summed E-state index contributed by atoms with van der Waals surface area (Å²) in [5.74, 6) is 0.0967. The van der Waals surface area contributed by atoms with Crippen LogP contribution in [0.3, 0.4) is 0 Å². The number of hydrogen-bond donors (Lipinski definition) is 1. The van der Waals surface area contributed by atoms with Gasteiger partial charge in [0.25, 0.3) is 0 Å². The van der Waals surface area contributed by atoms with Gasteiger partial charge in [0.1, 0.15) is 6.61 Å². The van der Waals surface area contributed by atoms with Gasteiger partial charge in [-0.2, -0.15) is 0 Å². The van der Waals surface area contributed by atoms with Crippen LogP contribution in [-0.2, 0) is 9.47 Å². The normalized spacial score (nSPS) is 10.8. The van der Waals surface area contributed by atoms with Crippen LogP contribution in [0.1, 0.15) is 30.6 Å². The maximum atomic E-state index is 11.8. The van der Waals surface area contributed by atoms with E-state index < -0.39 is 5.97 Å². The molecular weight excluding hydrogens is 301 g/mol. The second-order valence-corrected chi connectivity index (χ2v) is 5.58. The molecule has 112 valence electrons. The molecule has 1 aromatic carbocycles. The number of benzene rings is 1. The third-order valence-electron chi connectivity index (χ3n) is 2.59. The van der Waals surface area contributed by atoms with E-state index in [4.69, 9.17) is 38.4 Å². The fourth-order valence-electron chi connectivity index (χ4n) is 1.43. The summed E-state index contributed by atoms with van der Waals surface area (Å²) in [5, 5.41) is 0.465. The number of carbonyl (C=O) groups is 1. The number of esters is 1. The average molecular weight is 320 g/mol. The number of carbonyl (C=O) groups excluding carboxylic acids is 1. The molecule has 1 aromatic rings. The zero-order chi connectivity index (χ0) is 15.1. The Morgan fingerprint density at radius 2 is 1.95 bits per heavy atom. The number of nitrogens with two attached hydrogens (primary N) is 1. The smallest absolute Gasteiger partial charge is 0.338 e. The second kappa shape index (κ2) is 8.35. The van der Waals surface area contributed by atoms with Gasteiger partial charge in [-0.05, 0) is 24.5 Å². The minimum Gasteiger partial charge on any atom is -0.460 e. The van der Waals surface area contributed by atoms with Crippen LogP contribution in [0.15, 0.2) is 12.1 Å². The molecule has 0 amide bonds. The fraction of sp³-hybridized carbons (Fsp3) is 0.500. The van der Waals surface area contributed by atoms with Crippen LogP contribution in [0.2, 0.25) is 10.0 Å². The molecule has 2 N–H and O–H groups in total. The van der Waals surface area contributed by atoms with Gasteiger partial charge >= 0.3 is 5.97 Å². The van der Waals surface area contributed by atoms with E-state index in [-0.39, 0.29) is 27.9 Å². The van der Waals surface area contributed by atoms with E-state index in [1.165, 1.54) is 12.1 Å². The highest BCUT2D eigenvalue weighted by Crippen LogP contribution is 2.29. The highest BCUT2D eigenvalue weighted by atomic mass is 35.5. The first-order chi connectivity index (χ1) is 9.41. The Balaban J connectivity index is 2.36. The highest BCUT2D eigenvalue weighted by Gasteiger charge is 2.12. The lowest BCUT2D eigenvalue weighted by molar-refractivity contribution is 0.0303. The molecule has 0 aromatic heterocycles. The van der Waals surface area contributed by atoms with E-state index in [0.29, 0.717) is 19.1 Å². The summed E-state index contributed by atoms with van der Waals surface area (Å²) in [6, 6.07) is 2.87. The van der Waals surface area contributed by atoms with Crippen molar-refractivity contribution < 1.29 is 14.3 Å². The van der Waals surface area contributed by atoms with Crippen molar-refractivity contribution in [2.45, 2.75) is 20.3 Å². The van der Waals surface area contributed by atoms with Crippen molar-refractivity contribution in [3.05, 3.63) is 27.7 Å². The summed E-state index contributed by atoms with van der Waals surface area (Å²) in [7, 11) is 0. The van der Waals surface area contributed by atoms with Crippen LogP contribution >= 0.6 is 23.2 Å². The second-order valence-electron chi connectivity index (χ2n) is 4.79. The molecule has 0 heterocycles. The van der Waals surface area contributed by atoms with Gasteiger partial charge in [-0.3, -0.25) is 0 Å². The first kappa shape index (κ1) is 17.1. The zero-order valence-corrected chi connectivity index (χ0v) is 13.1. The number of rotatable bonds is 7. The number of ether oxygens (including phenoxy) is 2. The molecule has 6 heteroatoms. The molecule has 20 heavy (non-hydrogen) atoms. The maximum absolute atomic E-state index is 11.8. The Labute approximate surface area is 129 Å². The van der Waals surface area contributed by atoms with Gasteiger partial charge in [0, 0.05) is 6.61 Å². The molecule has 1 rings (SSSR count). The predicted molar refractivity (Wildman–Crippen MR) is 81.4 cm³/mol. The molecule has 0 unspecified atom stereocenters. The highest BCUT2D eigenvalue weighted by molar-refractivity contribution is 6.43. The molecule has 0 aliphatic heterocycles. The lowest BCUT2D eigenvalue weighted by atomic mass is 10.1. The van der Waals surface area contributed by atoms with Gasteiger partial charge in [-0.25, -0.2) is 4.79 Å². The molecule has 0 atom stereocenters. The molecule has 0 radical (unpaired) electrons. The summed E-state index contributed by atoms with van der Waals surface area (Å²) >= 11 is 11.7. The van der Waals surface area contributed by atoms with Gasteiger partial charge in [0.2, 0.25) is 0 Å².